The van der Waals surface area contributed by atoms with E-state index >= 15 is 0 Å². The van der Waals surface area contributed by atoms with Gasteiger partial charge in [-0.15, -0.1) is 0 Å². The molecule has 1 heterocycles. The molecule has 0 amide bonds. The second kappa shape index (κ2) is 7.66. The lowest BCUT2D eigenvalue weighted by atomic mass is 9.99. The number of ether oxygens (including phenoxy) is 4. The molecule has 6 heteroatoms. The summed E-state index contributed by atoms with van der Waals surface area (Å²) in [7, 11) is 6.36. The quantitative estimate of drug-likeness (QED) is 0.622. The SMILES string of the molecule is COc1cc(-c2csnc2-c2ccc(C)cc2)c(OC)c(OC)c1OC. The Balaban J connectivity index is 2.25. The van der Waals surface area contributed by atoms with Gasteiger partial charge < -0.3 is 18.9 Å². The van der Waals surface area contributed by atoms with Crippen LogP contribution in [0.4, 0.5) is 0 Å². The summed E-state index contributed by atoms with van der Waals surface area (Å²) in [5.74, 6) is 2.14. The number of benzene rings is 2. The topological polar surface area (TPSA) is 49.8 Å². The first-order valence-electron chi connectivity index (χ1n) is 8.03. The Labute approximate surface area is 157 Å². The van der Waals surface area contributed by atoms with Gasteiger partial charge in [-0.2, -0.15) is 4.37 Å². The average molecular weight is 371 g/mol. The summed E-state index contributed by atoms with van der Waals surface area (Å²) >= 11 is 1.40. The molecule has 3 aromatic rings. The molecule has 26 heavy (non-hydrogen) atoms. The molecule has 0 aliphatic carbocycles. The predicted molar refractivity (Wildman–Crippen MR) is 104 cm³/mol. The molecule has 0 spiro atoms. The van der Waals surface area contributed by atoms with E-state index in [1.165, 1.54) is 17.1 Å². The minimum atomic E-state index is 0.491. The van der Waals surface area contributed by atoms with Gasteiger partial charge in [0.05, 0.1) is 34.1 Å². The molecule has 0 aliphatic heterocycles. The van der Waals surface area contributed by atoms with Gasteiger partial charge in [-0.05, 0) is 24.5 Å². The highest BCUT2D eigenvalue weighted by Gasteiger charge is 2.24. The molecule has 0 aliphatic rings. The fourth-order valence-electron chi connectivity index (χ4n) is 2.88. The molecule has 0 radical (unpaired) electrons. The van der Waals surface area contributed by atoms with Gasteiger partial charge in [0.15, 0.2) is 11.5 Å². The Morgan fingerprint density at radius 2 is 1.42 bits per heavy atom. The normalized spacial score (nSPS) is 10.5. The molecule has 1 aromatic heterocycles. The summed E-state index contributed by atoms with van der Waals surface area (Å²) in [6, 6.07) is 10.2. The molecule has 3 rings (SSSR count). The summed E-state index contributed by atoms with van der Waals surface area (Å²) < 4.78 is 26.8. The summed E-state index contributed by atoms with van der Waals surface area (Å²) in [6.07, 6.45) is 0. The first-order chi connectivity index (χ1) is 12.6. The van der Waals surface area contributed by atoms with Gasteiger partial charge >= 0.3 is 0 Å². The number of aryl methyl sites for hydroxylation is 1. The number of methoxy groups -OCH3 is 4. The molecular formula is C20H21NO4S. The molecule has 2 aromatic carbocycles. The molecule has 0 bridgehead atoms. The third-order valence-corrected chi connectivity index (χ3v) is 4.80. The van der Waals surface area contributed by atoms with E-state index < -0.39 is 0 Å². The van der Waals surface area contributed by atoms with Gasteiger partial charge in [0.1, 0.15) is 0 Å². The Morgan fingerprint density at radius 3 is 2.00 bits per heavy atom. The van der Waals surface area contributed by atoms with Crippen molar-refractivity contribution in [1.82, 2.24) is 4.37 Å². The second-order valence-corrected chi connectivity index (χ2v) is 6.30. The van der Waals surface area contributed by atoms with Crippen LogP contribution < -0.4 is 18.9 Å². The van der Waals surface area contributed by atoms with Crippen LogP contribution in [0.15, 0.2) is 35.7 Å². The van der Waals surface area contributed by atoms with Crippen LogP contribution in [-0.2, 0) is 0 Å². The van der Waals surface area contributed by atoms with Crippen LogP contribution in [0, 0.1) is 6.92 Å². The zero-order valence-corrected chi connectivity index (χ0v) is 16.3. The molecule has 0 saturated carbocycles. The highest BCUT2D eigenvalue weighted by molar-refractivity contribution is 7.04. The minimum Gasteiger partial charge on any atom is -0.493 e. The van der Waals surface area contributed by atoms with Crippen LogP contribution in [-0.4, -0.2) is 32.8 Å². The highest BCUT2D eigenvalue weighted by atomic mass is 32.1. The molecule has 0 unspecified atom stereocenters. The van der Waals surface area contributed by atoms with Crippen LogP contribution >= 0.6 is 11.5 Å². The van der Waals surface area contributed by atoms with Crippen molar-refractivity contribution in [3.8, 4) is 45.4 Å². The highest BCUT2D eigenvalue weighted by Crippen LogP contribution is 2.51. The van der Waals surface area contributed by atoms with Gasteiger partial charge in [-0.3, -0.25) is 0 Å². The Morgan fingerprint density at radius 1 is 0.769 bits per heavy atom. The summed E-state index contributed by atoms with van der Waals surface area (Å²) in [5, 5.41) is 2.00. The maximum atomic E-state index is 5.66. The van der Waals surface area contributed by atoms with Crippen molar-refractivity contribution in [1.29, 1.82) is 0 Å². The summed E-state index contributed by atoms with van der Waals surface area (Å²) in [6.45, 7) is 2.06. The van der Waals surface area contributed by atoms with Crippen LogP contribution in [0.3, 0.4) is 0 Å². The fourth-order valence-corrected chi connectivity index (χ4v) is 3.59. The zero-order valence-electron chi connectivity index (χ0n) is 15.5. The minimum absolute atomic E-state index is 0.491. The van der Waals surface area contributed by atoms with Crippen molar-refractivity contribution >= 4 is 11.5 Å². The predicted octanol–water partition coefficient (Wildman–Crippen LogP) is 4.82. The molecular weight excluding hydrogens is 350 g/mol. The molecule has 5 nitrogen and oxygen atoms in total. The lowest BCUT2D eigenvalue weighted by molar-refractivity contribution is 0.306. The number of rotatable bonds is 6. The maximum absolute atomic E-state index is 5.66. The Kier molecular flexibility index (Phi) is 5.32. The van der Waals surface area contributed by atoms with E-state index in [1.54, 1.807) is 28.4 Å². The van der Waals surface area contributed by atoms with E-state index in [1.807, 2.05) is 11.4 Å². The van der Waals surface area contributed by atoms with Crippen LogP contribution in [0.5, 0.6) is 23.0 Å². The van der Waals surface area contributed by atoms with Crippen molar-refractivity contribution in [3.05, 3.63) is 41.3 Å². The van der Waals surface area contributed by atoms with E-state index in [-0.39, 0.29) is 0 Å². The average Bonchev–Trinajstić information content (AvgIpc) is 3.16. The Hall–Kier alpha value is -2.73. The largest absolute Gasteiger partial charge is 0.493 e. The van der Waals surface area contributed by atoms with Crippen molar-refractivity contribution in [2.24, 2.45) is 0 Å². The monoisotopic (exact) mass is 371 g/mol. The molecule has 0 N–H and O–H groups in total. The maximum Gasteiger partial charge on any atom is 0.207 e. The van der Waals surface area contributed by atoms with Crippen molar-refractivity contribution in [3.63, 3.8) is 0 Å². The number of hydrogen-bond donors (Lipinski definition) is 0. The van der Waals surface area contributed by atoms with E-state index in [2.05, 4.69) is 35.6 Å². The van der Waals surface area contributed by atoms with Gasteiger partial charge in [0.25, 0.3) is 0 Å². The first-order valence-corrected chi connectivity index (χ1v) is 8.87. The lowest BCUT2D eigenvalue weighted by Gasteiger charge is -2.18. The number of aromatic nitrogens is 1. The van der Waals surface area contributed by atoms with E-state index in [0.29, 0.717) is 23.0 Å². The van der Waals surface area contributed by atoms with Crippen molar-refractivity contribution in [2.45, 2.75) is 6.92 Å². The Bertz CT molecular complexity index is 903. The third kappa shape index (κ3) is 3.08. The zero-order chi connectivity index (χ0) is 18.7. The van der Waals surface area contributed by atoms with Gasteiger partial charge in [-0.1, -0.05) is 29.8 Å². The van der Waals surface area contributed by atoms with Gasteiger partial charge in [0.2, 0.25) is 11.5 Å². The lowest BCUT2D eigenvalue weighted by Crippen LogP contribution is -2.00. The molecule has 136 valence electrons. The first kappa shape index (κ1) is 18.1. The van der Waals surface area contributed by atoms with Crippen LogP contribution in [0.25, 0.3) is 22.4 Å². The van der Waals surface area contributed by atoms with Crippen molar-refractivity contribution < 1.29 is 18.9 Å². The van der Waals surface area contributed by atoms with Gasteiger partial charge in [0, 0.05) is 22.1 Å². The van der Waals surface area contributed by atoms with Crippen LogP contribution in [0.2, 0.25) is 0 Å². The van der Waals surface area contributed by atoms with Crippen molar-refractivity contribution in [2.75, 3.05) is 28.4 Å². The van der Waals surface area contributed by atoms with E-state index in [4.69, 9.17) is 18.9 Å². The third-order valence-electron chi connectivity index (χ3n) is 4.17. The molecule has 0 atom stereocenters. The second-order valence-electron chi connectivity index (χ2n) is 5.67. The van der Waals surface area contributed by atoms with E-state index in [0.717, 1.165) is 22.4 Å². The van der Waals surface area contributed by atoms with Crippen LogP contribution in [0.1, 0.15) is 5.56 Å². The standard InChI is InChI=1S/C20H21NO4S/c1-12-6-8-13(9-7-12)17-15(11-26-21-17)14-10-16(22-2)19(24-4)20(25-5)18(14)23-3/h6-11H,1-5H3. The fraction of sp³-hybridized carbons (Fsp3) is 0.250. The summed E-state index contributed by atoms with van der Waals surface area (Å²) in [5.41, 5.74) is 4.93. The van der Waals surface area contributed by atoms with Gasteiger partial charge in [-0.25, -0.2) is 0 Å². The number of nitrogens with zero attached hydrogens (tertiary/aromatic N) is 1. The van der Waals surface area contributed by atoms with E-state index in [9.17, 15) is 0 Å². The molecule has 0 saturated heterocycles. The number of hydrogen-bond acceptors (Lipinski definition) is 6. The molecule has 0 fully saturated rings. The summed E-state index contributed by atoms with van der Waals surface area (Å²) in [4.78, 5) is 0. The smallest absolute Gasteiger partial charge is 0.207 e.